The molecule has 0 unspecified atom stereocenters. The fraction of sp³-hybridized carbons (Fsp3) is 0.421. The molecule has 1 saturated carbocycles. The van der Waals surface area contributed by atoms with Crippen molar-refractivity contribution in [2.45, 2.75) is 38.1 Å². The molecule has 0 saturated heterocycles. The summed E-state index contributed by atoms with van der Waals surface area (Å²) in [5.74, 6) is -0.416. The van der Waals surface area contributed by atoms with Gasteiger partial charge < -0.3 is 15.2 Å². The predicted molar refractivity (Wildman–Crippen MR) is 100 cm³/mol. The van der Waals surface area contributed by atoms with E-state index >= 15 is 0 Å². The van der Waals surface area contributed by atoms with Crippen LogP contribution in [0.5, 0.6) is 0 Å². The SMILES string of the molecule is CN(CC(=O)Nc1ccccc1C(=O)NC1CC1)Cc1nccn1CC(F)(F)F. The predicted octanol–water partition coefficient (Wildman–Crippen LogP) is 2.41. The average molecular weight is 409 g/mol. The van der Waals surface area contributed by atoms with Crippen LogP contribution in [0.4, 0.5) is 18.9 Å². The summed E-state index contributed by atoms with van der Waals surface area (Å²) in [5.41, 5.74) is 0.763. The lowest BCUT2D eigenvalue weighted by atomic mass is 10.1. The number of likely N-dealkylation sites (N-methyl/N-ethyl adjacent to an activating group) is 1. The molecule has 1 aliphatic rings. The Hall–Kier alpha value is -2.88. The van der Waals surface area contributed by atoms with Gasteiger partial charge in [-0.1, -0.05) is 12.1 Å². The highest BCUT2D eigenvalue weighted by Gasteiger charge is 2.29. The first-order valence-corrected chi connectivity index (χ1v) is 9.16. The number of aromatic nitrogens is 2. The van der Waals surface area contributed by atoms with E-state index < -0.39 is 12.7 Å². The molecule has 7 nitrogen and oxygen atoms in total. The van der Waals surface area contributed by atoms with Crippen molar-refractivity contribution in [3.8, 4) is 0 Å². The van der Waals surface area contributed by atoms with Gasteiger partial charge in [0.1, 0.15) is 12.4 Å². The average Bonchev–Trinajstić information content (AvgIpc) is 3.34. The van der Waals surface area contributed by atoms with Crippen LogP contribution < -0.4 is 10.6 Å². The number of para-hydroxylation sites is 1. The number of benzene rings is 1. The van der Waals surface area contributed by atoms with E-state index in [0.29, 0.717) is 11.3 Å². The molecule has 0 atom stereocenters. The molecule has 1 aromatic carbocycles. The minimum atomic E-state index is -4.35. The third-order valence-corrected chi connectivity index (χ3v) is 4.33. The Balaban J connectivity index is 1.57. The number of rotatable bonds is 8. The Morgan fingerprint density at radius 2 is 2.00 bits per heavy atom. The first kappa shape index (κ1) is 20.8. The minimum absolute atomic E-state index is 0.0698. The lowest BCUT2D eigenvalue weighted by Crippen LogP contribution is -2.32. The zero-order valence-electron chi connectivity index (χ0n) is 15.9. The topological polar surface area (TPSA) is 79.3 Å². The molecule has 1 aliphatic carbocycles. The van der Waals surface area contributed by atoms with Crippen LogP contribution in [0.3, 0.4) is 0 Å². The van der Waals surface area contributed by atoms with Crippen LogP contribution in [-0.4, -0.2) is 52.1 Å². The number of anilines is 1. The second-order valence-electron chi connectivity index (χ2n) is 7.10. The summed E-state index contributed by atoms with van der Waals surface area (Å²) >= 11 is 0. The van der Waals surface area contributed by atoms with Gasteiger partial charge in [-0.2, -0.15) is 13.2 Å². The van der Waals surface area contributed by atoms with Gasteiger partial charge in [0, 0.05) is 18.4 Å². The van der Waals surface area contributed by atoms with Crippen LogP contribution >= 0.6 is 0 Å². The van der Waals surface area contributed by atoms with E-state index in [1.54, 1.807) is 36.2 Å². The van der Waals surface area contributed by atoms with E-state index in [2.05, 4.69) is 15.6 Å². The number of carbonyl (C=O) groups is 2. The molecule has 2 amide bonds. The van der Waals surface area contributed by atoms with Crippen LogP contribution in [0.25, 0.3) is 0 Å². The maximum Gasteiger partial charge on any atom is 0.406 e. The van der Waals surface area contributed by atoms with Gasteiger partial charge in [-0.25, -0.2) is 4.98 Å². The van der Waals surface area contributed by atoms with Crippen molar-refractivity contribution in [2.75, 3.05) is 18.9 Å². The number of hydrogen-bond donors (Lipinski definition) is 2. The first-order chi connectivity index (χ1) is 13.7. The van der Waals surface area contributed by atoms with Gasteiger partial charge in [0.15, 0.2) is 0 Å². The number of carbonyl (C=O) groups excluding carboxylic acids is 2. The zero-order valence-corrected chi connectivity index (χ0v) is 15.9. The summed E-state index contributed by atoms with van der Waals surface area (Å²) in [6.45, 7) is -1.14. The summed E-state index contributed by atoms with van der Waals surface area (Å²) in [4.78, 5) is 30.2. The minimum Gasteiger partial charge on any atom is -0.349 e. The van der Waals surface area contributed by atoms with Gasteiger partial charge in [0.05, 0.1) is 24.3 Å². The Kier molecular flexibility index (Phi) is 6.21. The number of alkyl halides is 3. The maximum atomic E-state index is 12.6. The number of nitrogens with one attached hydrogen (secondary N) is 2. The molecule has 156 valence electrons. The zero-order chi connectivity index (χ0) is 21.0. The Morgan fingerprint density at radius 1 is 1.28 bits per heavy atom. The summed E-state index contributed by atoms with van der Waals surface area (Å²) in [7, 11) is 1.61. The summed E-state index contributed by atoms with van der Waals surface area (Å²) in [6, 6.07) is 6.88. The lowest BCUT2D eigenvalue weighted by molar-refractivity contribution is -0.141. The van der Waals surface area contributed by atoms with Crippen molar-refractivity contribution >= 4 is 17.5 Å². The van der Waals surface area contributed by atoms with Crippen molar-refractivity contribution < 1.29 is 22.8 Å². The van der Waals surface area contributed by atoms with E-state index in [-0.39, 0.29) is 36.8 Å². The van der Waals surface area contributed by atoms with Crippen molar-refractivity contribution in [3.63, 3.8) is 0 Å². The second kappa shape index (κ2) is 8.64. The van der Waals surface area contributed by atoms with Crippen LogP contribution in [0.15, 0.2) is 36.7 Å². The first-order valence-electron chi connectivity index (χ1n) is 9.16. The van der Waals surface area contributed by atoms with Crippen LogP contribution in [0, 0.1) is 0 Å². The van der Waals surface area contributed by atoms with Gasteiger partial charge in [0.25, 0.3) is 5.91 Å². The molecule has 1 heterocycles. The van der Waals surface area contributed by atoms with E-state index in [0.717, 1.165) is 17.4 Å². The molecule has 10 heteroatoms. The largest absolute Gasteiger partial charge is 0.406 e. The molecule has 0 spiro atoms. The molecular formula is C19H22F3N5O2. The molecule has 1 aromatic heterocycles. The van der Waals surface area contributed by atoms with Crippen LogP contribution in [0.2, 0.25) is 0 Å². The second-order valence-corrected chi connectivity index (χ2v) is 7.10. The number of hydrogen-bond acceptors (Lipinski definition) is 4. The van der Waals surface area contributed by atoms with Gasteiger partial charge in [-0.15, -0.1) is 0 Å². The lowest BCUT2D eigenvalue weighted by Gasteiger charge is -2.18. The van der Waals surface area contributed by atoms with E-state index in [1.165, 1.54) is 12.4 Å². The normalized spacial score (nSPS) is 14.1. The van der Waals surface area contributed by atoms with Crippen molar-refractivity contribution in [3.05, 3.63) is 48.0 Å². The number of halogens is 3. The quantitative estimate of drug-likeness (QED) is 0.702. The highest BCUT2D eigenvalue weighted by Crippen LogP contribution is 2.22. The van der Waals surface area contributed by atoms with Gasteiger partial charge in [-0.3, -0.25) is 14.5 Å². The standard InChI is InChI=1S/C19H22F3N5O2/c1-26(10-16-23-8-9-27(16)12-19(20,21)22)11-17(28)25-15-5-3-2-4-14(15)18(29)24-13-6-7-13/h2-5,8-9,13H,6-7,10-12H2,1H3,(H,24,29)(H,25,28). The summed E-state index contributed by atoms with van der Waals surface area (Å²) in [6.07, 6.45) is 0.107. The fourth-order valence-electron chi connectivity index (χ4n) is 2.84. The third-order valence-electron chi connectivity index (χ3n) is 4.33. The van der Waals surface area contributed by atoms with Crippen molar-refractivity contribution in [1.29, 1.82) is 0 Å². The van der Waals surface area contributed by atoms with E-state index in [9.17, 15) is 22.8 Å². The molecule has 0 radical (unpaired) electrons. The summed E-state index contributed by atoms with van der Waals surface area (Å²) in [5, 5.41) is 5.58. The Bertz CT molecular complexity index is 877. The molecule has 29 heavy (non-hydrogen) atoms. The molecular weight excluding hydrogens is 387 g/mol. The summed E-state index contributed by atoms with van der Waals surface area (Å²) < 4.78 is 38.9. The van der Waals surface area contributed by atoms with Crippen LogP contribution in [0.1, 0.15) is 29.0 Å². The Morgan fingerprint density at radius 3 is 2.69 bits per heavy atom. The van der Waals surface area contributed by atoms with E-state index in [4.69, 9.17) is 0 Å². The van der Waals surface area contributed by atoms with Crippen LogP contribution in [-0.2, 0) is 17.9 Å². The molecule has 1 fully saturated rings. The maximum absolute atomic E-state index is 12.6. The highest BCUT2D eigenvalue weighted by molar-refractivity contribution is 6.04. The molecule has 0 bridgehead atoms. The molecule has 3 rings (SSSR count). The molecule has 2 aromatic rings. The van der Waals surface area contributed by atoms with Gasteiger partial charge >= 0.3 is 6.18 Å². The number of nitrogens with zero attached hydrogens (tertiary/aromatic N) is 3. The van der Waals surface area contributed by atoms with Crippen molar-refractivity contribution in [2.24, 2.45) is 0 Å². The fourth-order valence-corrected chi connectivity index (χ4v) is 2.84. The Labute approximate surface area is 165 Å². The molecule has 2 N–H and O–H groups in total. The smallest absolute Gasteiger partial charge is 0.349 e. The monoisotopic (exact) mass is 409 g/mol. The van der Waals surface area contributed by atoms with E-state index in [1.807, 2.05) is 0 Å². The van der Waals surface area contributed by atoms with Gasteiger partial charge in [-0.05, 0) is 32.0 Å². The third kappa shape index (κ3) is 6.31. The van der Waals surface area contributed by atoms with Crippen molar-refractivity contribution in [1.82, 2.24) is 19.8 Å². The highest BCUT2D eigenvalue weighted by atomic mass is 19.4. The molecule has 0 aliphatic heterocycles. The number of amides is 2. The van der Waals surface area contributed by atoms with Gasteiger partial charge in [0.2, 0.25) is 5.91 Å². The number of imidazole rings is 1.